The molecule has 0 saturated carbocycles. The van der Waals surface area contributed by atoms with Gasteiger partial charge in [-0.2, -0.15) is 9.65 Å². The van der Waals surface area contributed by atoms with E-state index in [0.29, 0.717) is 41.5 Å². The van der Waals surface area contributed by atoms with Gasteiger partial charge in [-0.25, -0.2) is 9.37 Å². The van der Waals surface area contributed by atoms with Crippen molar-refractivity contribution in [1.29, 1.82) is 5.26 Å². The van der Waals surface area contributed by atoms with Crippen LogP contribution in [0.2, 0.25) is 0 Å². The summed E-state index contributed by atoms with van der Waals surface area (Å²) in [6.07, 6.45) is 4.55. The monoisotopic (exact) mass is 397 g/mol. The van der Waals surface area contributed by atoms with Crippen LogP contribution in [-0.2, 0) is 12.7 Å². The fourth-order valence-electron chi connectivity index (χ4n) is 3.49. The standard InChI is InChI=1S/C20H21F2N7/c1-4-24-17(15-5-6-16(21)25-12-15)18(14(2)11-23)29-9-7-20(22,8-10-29)19-27-26-13-28(19)3/h4-6,12-13H,1,7-10H2,2-3H3/b18-14-,24-17?. The van der Waals surface area contributed by atoms with E-state index < -0.39 is 11.6 Å². The van der Waals surface area contributed by atoms with E-state index in [2.05, 4.69) is 32.8 Å². The number of hydrogen-bond acceptors (Lipinski definition) is 6. The number of aliphatic imine (C=N–C) groups is 1. The Labute approximate surface area is 167 Å². The fourth-order valence-corrected chi connectivity index (χ4v) is 3.49. The summed E-state index contributed by atoms with van der Waals surface area (Å²) in [5, 5.41) is 17.2. The molecule has 9 heteroatoms. The van der Waals surface area contributed by atoms with Gasteiger partial charge in [-0.3, -0.25) is 4.99 Å². The molecule has 0 radical (unpaired) electrons. The summed E-state index contributed by atoms with van der Waals surface area (Å²) in [5.41, 5.74) is 0.360. The Hall–Kier alpha value is -3.41. The SMILES string of the molecule is C=CN=C(/C(=C(\C)C#N)N1CCC(F)(c2nncn2C)CC1)c1ccc(F)nc1. The Morgan fingerprint density at radius 1 is 1.38 bits per heavy atom. The predicted molar refractivity (Wildman–Crippen MR) is 104 cm³/mol. The smallest absolute Gasteiger partial charge is 0.212 e. The first-order chi connectivity index (χ1) is 13.9. The Morgan fingerprint density at radius 2 is 2.10 bits per heavy atom. The van der Waals surface area contributed by atoms with Gasteiger partial charge >= 0.3 is 0 Å². The minimum Gasteiger partial charge on any atom is -0.369 e. The van der Waals surface area contributed by atoms with Crippen LogP contribution in [0.25, 0.3) is 0 Å². The van der Waals surface area contributed by atoms with E-state index in [1.54, 1.807) is 18.5 Å². The maximum absolute atomic E-state index is 15.5. The van der Waals surface area contributed by atoms with Crippen LogP contribution in [0.15, 0.2) is 53.7 Å². The average Bonchev–Trinajstić information content (AvgIpc) is 3.16. The van der Waals surface area contributed by atoms with E-state index in [-0.39, 0.29) is 12.8 Å². The number of nitriles is 1. The van der Waals surface area contributed by atoms with Gasteiger partial charge in [0.25, 0.3) is 0 Å². The lowest BCUT2D eigenvalue weighted by Gasteiger charge is -2.38. The predicted octanol–water partition coefficient (Wildman–Crippen LogP) is 3.04. The van der Waals surface area contributed by atoms with E-state index in [1.807, 2.05) is 4.90 Å². The summed E-state index contributed by atoms with van der Waals surface area (Å²) in [5.74, 6) is -0.319. The molecular formula is C20H21F2N7. The molecule has 1 fully saturated rings. The highest BCUT2D eigenvalue weighted by Gasteiger charge is 2.41. The summed E-state index contributed by atoms with van der Waals surface area (Å²) in [4.78, 5) is 9.91. The molecule has 1 aliphatic rings. The van der Waals surface area contributed by atoms with E-state index in [1.165, 1.54) is 30.9 Å². The van der Waals surface area contributed by atoms with Gasteiger partial charge in [0.05, 0.1) is 23.1 Å². The van der Waals surface area contributed by atoms with Crippen LogP contribution in [0, 0.1) is 17.3 Å². The Balaban J connectivity index is 1.94. The molecule has 29 heavy (non-hydrogen) atoms. The zero-order valence-electron chi connectivity index (χ0n) is 16.3. The molecule has 2 aromatic heterocycles. The van der Waals surface area contributed by atoms with Crippen molar-refractivity contribution in [3.05, 3.63) is 66.0 Å². The summed E-state index contributed by atoms with van der Waals surface area (Å²) in [6.45, 7) is 6.01. The zero-order chi connectivity index (χ0) is 21.0. The second-order valence-electron chi connectivity index (χ2n) is 6.83. The van der Waals surface area contributed by atoms with Crippen LogP contribution >= 0.6 is 0 Å². The molecule has 1 saturated heterocycles. The van der Waals surface area contributed by atoms with Crippen molar-refractivity contribution in [3.8, 4) is 6.07 Å². The van der Waals surface area contributed by atoms with Crippen molar-refractivity contribution < 1.29 is 8.78 Å². The van der Waals surface area contributed by atoms with Crippen molar-refractivity contribution in [2.24, 2.45) is 12.0 Å². The van der Waals surface area contributed by atoms with Crippen LogP contribution in [0.3, 0.4) is 0 Å². The van der Waals surface area contributed by atoms with E-state index in [9.17, 15) is 9.65 Å². The highest BCUT2D eigenvalue weighted by Crippen LogP contribution is 2.37. The first-order valence-corrected chi connectivity index (χ1v) is 9.10. The van der Waals surface area contributed by atoms with Crippen molar-refractivity contribution in [2.45, 2.75) is 25.4 Å². The number of rotatable bonds is 5. The van der Waals surface area contributed by atoms with Crippen LogP contribution in [0.1, 0.15) is 31.2 Å². The summed E-state index contributed by atoms with van der Waals surface area (Å²) in [7, 11) is 1.71. The summed E-state index contributed by atoms with van der Waals surface area (Å²) in [6, 6.07) is 4.91. The van der Waals surface area contributed by atoms with Gasteiger partial charge in [0.15, 0.2) is 11.5 Å². The maximum atomic E-state index is 15.5. The molecular weight excluding hydrogens is 376 g/mol. The first-order valence-electron chi connectivity index (χ1n) is 9.10. The number of halogens is 2. The number of aryl methyl sites for hydroxylation is 1. The van der Waals surface area contributed by atoms with Crippen molar-refractivity contribution in [2.75, 3.05) is 13.1 Å². The largest absolute Gasteiger partial charge is 0.369 e. The molecule has 3 heterocycles. The van der Waals surface area contributed by atoms with Gasteiger partial charge in [0.2, 0.25) is 5.95 Å². The van der Waals surface area contributed by atoms with Crippen LogP contribution in [0.4, 0.5) is 8.78 Å². The molecule has 0 unspecified atom stereocenters. The number of alkyl halides is 1. The van der Waals surface area contributed by atoms with E-state index >= 15 is 4.39 Å². The Bertz CT molecular complexity index is 991. The molecule has 0 spiro atoms. The number of likely N-dealkylation sites (tertiary alicyclic amines) is 1. The first kappa shape index (κ1) is 20.3. The number of allylic oxidation sites excluding steroid dienone is 2. The van der Waals surface area contributed by atoms with Crippen molar-refractivity contribution >= 4 is 5.71 Å². The molecule has 3 rings (SSSR count). The van der Waals surface area contributed by atoms with Crippen LogP contribution < -0.4 is 0 Å². The van der Waals surface area contributed by atoms with E-state index in [0.717, 1.165) is 0 Å². The second-order valence-corrected chi connectivity index (χ2v) is 6.83. The van der Waals surface area contributed by atoms with Crippen LogP contribution in [0.5, 0.6) is 0 Å². The minimum absolute atomic E-state index is 0.185. The Kier molecular flexibility index (Phi) is 5.82. The number of piperidine rings is 1. The molecule has 2 aromatic rings. The highest BCUT2D eigenvalue weighted by molar-refractivity contribution is 6.13. The normalized spacial score (nSPS) is 17.5. The minimum atomic E-state index is -1.60. The maximum Gasteiger partial charge on any atom is 0.212 e. The molecule has 0 bridgehead atoms. The third-order valence-electron chi connectivity index (χ3n) is 4.95. The molecule has 0 N–H and O–H groups in total. The van der Waals surface area contributed by atoms with Gasteiger partial charge < -0.3 is 9.47 Å². The lowest BCUT2D eigenvalue weighted by molar-refractivity contribution is 0.0609. The van der Waals surface area contributed by atoms with Gasteiger partial charge in [-0.05, 0) is 19.1 Å². The quantitative estimate of drug-likeness (QED) is 0.440. The van der Waals surface area contributed by atoms with E-state index in [4.69, 9.17) is 0 Å². The zero-order valence-corrected chi connectivity index (χ0v) is 16.3. The molecule has 0 aliphatic carbocycles. The van der Waals surface area contributed by atoms with Gasteiger partial charge in [-0.1, -0.05) is 6.58 Å². The number of nitrogens with zero attached hydrogens (tertiary/aromatic N) is 7. The molecule has 0 aromatic carbocycles. The van der Waals surface area contributed by atoms with Crippen molar-refractivity contribution in [3.63, 3.8) is 0 Å². The number of aromatic nitrogens is 4. The molecule has 0 amide bonds. The molecule has 150 valence electrons. The molecule has 0 atom stereocenters. The average molecular weight is 397 g/mol. The van der Waals surface area contributed by atoms with Crippen LogP contribution in [-0.4, -0.2) is 43.4 Å². The highest BCUT2D eigenvalue weighted by atomic mass is 19.1. The topological polar surface area (TPSA) is 83.0 Å². The third-order valence-corrected chi connectivity index (χ3v) is 4.95. The fraction of sp³-hybridized carbons (Fsp3) is 0.350. The van der Waals surface area contributed by atoms with Gasteiger partial charge in [-0.15, -0.1) is 10.2 Å². The Morgan fingerprint density at radius 3 is 2.62 bits per heavy atom. The summed E-state index contributed by atoms with van der Waals surface area (Å²) < 4.78 is 30.4. The summed E-state index contributed by atoms with van der Waals surface area (Å²) >= 11 is 0. The lowest BCUT2D eigenvalue weighted by atomic mass is 9.91. The third kappa shape index (κ3) is 4.06. The van der Waals surface area contributed by atoms with Crippen molar-refractivity contribution in [1.82, 2.24) is 24.6 Å². The molecule has 7 nitrogen and oxygen atoms in total. The second kappa shape index (κ2) is 8.31. The van der Waals surface area contributed by atoms with Gasteiger partial charge in [0.1, 0.15) is 6.33 Å². The number of pyridine rings is 1. The lowest BCUT2D eigenvalue weighted by Crippen LogP contribution is -2.43. The number of hydrogen-bond donors (Lipinski definition) is 0. The molecule has 1 aliphatic heterocycles. The van der Waals surface area contributed by atoms with Gasteiger partial charge in [0, 0.05) is 50.9 Å².